The van der Waals surface area contributed by atoms with Crippen molar-refractivity contribution in [2.45, 2.75) is 45.4 Å². The van der Waals surface area contributed by atoms with Gasteiger partial charge >= 0.3 is 0 Å². The molecule has 118 valence electrons. The third kappa shape index (κ3) is 6.25. The quantitative estimate of drug-likeness (QED) is 0.719. The highest BCUT2D eigenvalue weighted by atomic mass is 19.1. The normalized spacial score (nSPS) is 12.2. The molecule has 1 atom stereocenters. The summed E-state index contributed by atoms with van der Waals surface area (Å²) in [6.07, 6.45) is 4.89. The van der Waals surface area contributed by atoms with E-state index in [1.54, 1.807) is 12.1 Å². The van der Waals surface area contributed by atoms with E-state index in [1.165, 1.54) is 13.2 Å². The molecule has 21 heavy (non-hydrogen) atoms. The Bertz CT molecular complexity index is 442. The van der Waals surface area contributed by atoms with Crippen LogP contribution in [0.15, 0.2) is 18.2 Å². The Kier molecular flexibility index (Phi) is 7.98. The van der Waals surface area contributed by atoms with Crippen LogP contribution in [0.3, 0.4) is 0 Å². The predicted octanol–water partition coefficient (Wildman–Crippen LogP) is 3.49. The number of halogens is 1. The van der Waals surface area contributed by atoms with Crippen molar-refractivity contribution in [2.24, 2.45) is 11.7 Å². The van der Waals surface area contributed by atoms with E-state index >= 15 is 0 Å². The second-order valence-corrected chi connectivity index (χ2v) is 5.46. The monoisotopic (exact) mass is 295 g/mol. The maximum absolute atomic E-state index is 13.6. The molecule has 0 saturated heterocycles. The molecule has 0 aliphatic rings. The average molecular weight is 295 g/mol. The third-order valence-corrected chi connectivity index (χ3v) is 3.72. The Morgan fingerprint density at radius 1 is 1.33 bits per heavy atom. The number of rotatable bonds is 10. The molecule has 0 amide bonds. The first kappa shape index (κ1) is 17.6. The Balaban J connectivity index is 2.47. The maximum atomic E-state index is 13.6. The molecular formula is C17H26FNO2. The highest BCUT2D eigenvalue weighted by Gasteiger charge is 2.12. The number of benzene rings is 1. The molecule has 0 aromatic heterocycles. The maximum Gasteiger partial charge on any atom is 0.165 e. The summed E-state index contributed by atoms with van der Waals surface area (Å²) in [6, 6.07) is 4.68. The third-order valence-electron chi connectivity index (χ3n) is 3.72. The fourth-order valence-corrected chi connectivity index (χ4v) is 2.58. The van der Waals surface area contributed by atoms with E-state index in [2.05, 4.69) is 6.92 Å². The Labute approximate surface area is 126 Å². The SMILES string of the molecule is CCCC(CCN)CCC(=O)Cc1ccc(OC)c(F)c1. The summed E-state index contributed by atoms with van der Waals surface area (Å²) in [5, 5.41) is 0. The van der Waals surface area contributed by atoms with Crippen LogP contribution in [0.5, 0.6) is 5.75 Å². The van der Waals surface area contributed by atoms with Crippen LogP contribution < -0.4 is 10.5 Å². The number of Topliss-reactive ketones (excluding diaryl/α,β-unsaturated/α-hetero) is 1. The topological polar surface area (TPSA) is 52.3 Å². The van der Waals surface area contributed by atoms with Crippen molar-refractivity contribution in [2.75, 3.05) is 13.7 Å². The van der Waals surface area contributed by atoms with Gasteiger partial charge in [0.05, 0.1) is 7.11 Å². The largest absolute Gasteiger partial charge is 0.494 e. The van der Waals surface area contributed by atoms with Gasteiger partial charge < -0.3 is 10.5 Å². The van der Waals surface area contributed by atoms with Crippen molar-refractivity contribution >= 4 is 5.78 Å². The predicted molar refractivity (Wildman–Crippen MR) is 83.0 cm³/mol. The molecule has 3 nitrogen and oxygen atoms in total. The molecule has 2 N–H and O–H groups in total. The van der Waals surface area contributed by atoms with Gasteiger partial charge in [-0.05, 0) is 43.0 Å². The van der Waals surface area contributed by atoms with Gasteiger partial charge in [0.2, 0.25) is 0 Å². The molecule has 0 saturated carbocycles. The van der Waals surface area contributed by atoms with E-state index in [9.17, 15) is 9.18 Å². The van der Waals surface area contributed by atoms with Gasteiger partial charge in [0, 0.05) is 12.8 Å². The molecule has 1 unspecified atom stereocenters. The van der Waals surface area contributed by atoms with Gasteiger partial charge in [-0.1, -0.05) is 25.8 Å². The van der Waals surface area contributed by atoms with Crippen LogP contribution in [0.2, 0.25) is 0 Å². The molecule has 0 fully saturated rings. The minimum atomic E-state index is -0.421. The van der Waals surface area contributed by atoms with E-state index in [-0.39, 0.29) is 18.0 Å². The molecule has 0 aliphatic heterocycles. The van der Waals surface area contributed by atoms with Crippen molar-refractivity contribution in [3.8, 4) is 5.75 Å². The molecule has 1 rings (SSSR count). The number of carbonyl (C=O) groups is 1. The van der Waals surface area contributed by atoms with Crippen molar-refractivity contribution in [3.63, 3.8) is 0 Å². The highest BCUT2D eigenvalue weighted by Crippen LogP contribution is 2.20. The molecule has 0 spiro atoms. The first-order valence-electron chi connectivity index (χ1n) is 7.64. The first-order chi connectivity index (χ1) is 10.1. The summed E-state index contributed by atoms with van der Waals surface area (Å²) >= 11 is 0. The highest BCUT2D eigenvalue weighted by molar-refractivity contribution is 5.80. The van der Waals surface area contributed by atoms with Gasteiger partial charge in [0.25, 0.3) is 0 Å². The summed E-state index contributed by atoms with van der Waals surface area (Å²) in [5.41, 5.74) is 6.29. The lowest BCUT2D eigenvalue weighted by atomic mass is 9.92. The van der Waals surface area contributed by atoms with Crippen molar-refractivity contribution < 1.29 is 13.9 Å². The van der Waals surface area contributed by atoms with Gasteiger partial charge in [-0.2, -0.15) is 0 Å². The van der Waals surface area contributed by atoms with Crippen LogP contribution >= 0.6 is 0 Å². The van der Waals surface area contributed by atoms with Crippen LogP contribution in [0.25, 0.3) is 0 Å². The molecule has 0 aliphatic carbocycles. The van der Waals surface area contributed by atoms with E-state index in [1.807, 2.05) is 0 Å². The fourth-order valence-electron chi connectivity index (χ4n) is 2.58. The summed E-state index contributed by atoms with van der Waals surface area (Å²) < 4.78 is 18.4. The first-order valence-corrected chi connectivity index (χ1v) is 7.64. The van der Waals surface area contributed by atoms with Crippen molar-refractivity contribution in [1.29, 1.82) is 0 Å². The molecule has 0 bridgehead atoms. The zero-order valence-corrected chi connectivity index (χ0v) is 13.0. The number of hydrogen-bond acceptors (Lipinski definition) is 3. The van der Waals surface area contributed by atoms with Crippen LogP contribution in [-0.2, 0) is 11.2 Å². The number of nitrogens with two attached hydrogens (primary N) is 1. The summed E-state index contributed by atoms with van der Waals surface area (Å²) in [4.78, 5) is 12.0. The van der Waals surface area contributed by atoms with E-state index in [0.717, 1.165) is 25.7 Å². The Morgan fingerprint density at radius 2 is 2.10 bits per heavy atom. The van der Waals surface area contributed by atoms with Crippen LogP contribution in [-0.4, -0.2) is 19.4 Å². The summed E-state index contributed by atoms with van der Waals surface area (Å²) in [7, 11) is 1.43. The second-order valence-electron chi connectivity index (χ2n) is 5.46. The summed E-state index contributed by atoms with van der Waals surface area (Å²) in [5.74, 6) is 0.459. The standard InChI is InChI=1S/C17H26FNO2/c1-3-4-13(9-10-19)5-7-15(20)11-14-6-8-17(21-2)16(18)12-14/h6,8,12-13H,3-5,7,9-11,19H2,1-2H3. The Morgan fingerprint density at radius 3 is 2.67 bits per heavy atom. The summed E-state index contributed by atoms with van der Waals surface area (Å²) in [6.45, 7) is 2.81. The number of methoxy groups -OCH3 is 1. The number of hydrogen-bond donors (Lipinski definition) is 1. The molecule has 0 radical (unpaired) electrons. The van der Waals surface area contributed by atoms with E-state index in [0.29, 0.717) is 24.4 Å². The number of carbonyl (C=O) groups excluding carboxylic acids is 1. The minimum Gasteiger partial charge on any atom is -0.494 e. The van der Waals surface area contributed by atoms with Gasteiger partial charge in [-0.3, -0.25) is 4.79 Å². The second kappa shape index (κ2) is 9.50. The number of ether oxygens (including phenoxy) is 1. The zero-order valence-electron chi connectivity index (χ0n) is 13.0. The van der Waals surface area contributed by atoms with Crippen LogP contribution in [0.1, 0.15) is 44.6 Å². The van der Waals surface area contributed by atoms with E-state index in [4.69, 9.17) is 10.5 Å². The van der Waals surface area contributed by atoms with Crippen LogP contribution in [0, 0.1) is 11.7 Å². The minimum absolute atomic E-state index is 0.151. The smallest absolute Gasteiger partial charge is 0.165 e. The van der Waals surface area contributed by atoms with Crippen LogP contribution in [0.4, 0.5) is 4.39 Å². The molecule has 4 heteroatoms. The molecule has 1 aromatic rings. The van der Waals surface area contributed by atoms with Gasteiger partial charge in [0.15, 0.2) is 11.6 Å². The lowest BCUT2D eigenvalue weighted by Gasteiger charge is -2.14. The number of ketones is 1. The fraction of sp³-hybridized carbons (Fsp3) is 0.588. The zero-order chi connectivity index (χ0) is 15.7. The average Bonchev–Trinajstić information content (AvgIpc) is 2.45. The van der Waals surface area contributed by atoms with Gasteiger partial charge in [-0.15, -0.1) is 0 Å². The molecule has 0 heterocycles. The van der Waals surface area contributed by atoms with Crippen molar-refractivity contribution in [1.82, 2.24) is 0 Å². The van der Waals surface area contributed by atoms with E-state index < -0.39 is 5.82 Å². The molecular weight excluding hydrogens is 269 g/mol. The Hall–Kier alpha value is -1.42. The lowest BCUT2D eigenvalue weighted by Crippen LogP contribution is -2.12. The van der Waals surface area contributed by atoms with Crippen molar-refractivity contribution in [3.05, 3.63) is 29.6 Å². The lowest BCUT2D eigenvalue weighted by molar-refractivity contribution is -0.118. The molecule has 1 aromatic carbocycles. The van der Waals surface area contributed by atoms with Gasteiger partial charge in [-0.25, -0.2) is 4.39 Å². The van der Waals surface area contributed by atoms with Gasteiger partial charge in [0.1, 0.15) is 5.78 Å².